The van der Waals surface area contributed by atoms with Gasteiger partial charge in [0.05, 0.1) is 17.1 Å². The Hall–Kier alpha value is -2.65. The van der Waals surface area contributed by atoms with Gasteiger partial charge in [0.25, 0.3) is 0 Å². The predicted molar refractivity (Wildman–Crippen MR) is 102 cm³/mol. The molecule has 5 nitrogen and oxygen atoms in total. The van der Waals surface area contributed by atoms with E-state index in [2.05, 4.69) is 9.97 Å². The molecule has 10 heteroatoms. The van der Waals surface area contributed by atoms with Gasteiger partial charge in [-0.2, -0.15) is 13.2 Å². The molecule has 0 amide bonds. The molecule has 4 heterocycles. The van der Waals surface area contributed by atoms with Crippen LogP contribution < -0.4 is 5.69 Å². The number of alkyl halides is 3. The highest BCUT2D eigenvalue weighted by Crippen LogP contribution is 2.38. The first-order valence-corrected chi connectivity index (χ1v) is 9.25. The van der Waals surface area contributed by atoms with Gasteiger partial charge in [0, 0.05) is 36.1 Å². The fraction of sp³-hybridized carbons (Fsp3) is 0.167. The number of nitrogens with zero attached hydrogens (tertiary/aromatic N) is 4. The highest BCUT2D eigenvalue weighted by molar-refractivity contribution is 7.15. The average molecular weight is 425 g/mol. The number of hydrogen-bond acceptors (Lipinski definition) is 4. The van der Waals surface area contributed by atoms with Crippen molar-refractivity contribution in [3.63, 3.8) is 0 Å². The molecule has 0 aliphatic carbocycles. The molecule has 0 bridgehead atoms. The molecule has 4 aromatic heterocycles. The molecule has 4 aromatic rings. The van der Waals surface area contributed by atoms with Gasteiger partial charge in [0.1, 0.15) is 4.88 Å². The number of fused-ring (bicyclic) bond motifs is 1. The molecule has 0 fully saturated rings. The highest BCUT2D eigenvalue weighted by atomic mass is 35.5. The summed E-state index contributed by atoms with van der Waals surface area (Å²) in [6, 6.07) is 5.82. The Morgan fingerprint density at radius 3 is 2.64 bits per heavy atom. The second-order valence-electron chi connectivity index (χ2n) is 6.17. The minimum Gasteiger partial charge on any atom is -0.286 e. The van der Waals surface area contributed by atoms with Crippen molar-refractivity contribution in [2.24, 2.45) is 7.05 Å². The van der Waals surface area contributed by atoms with E-state index >= 15 is 0 Å². The molecular formula is C18H12ClF3N4OS. The molecular weight excluding hydrogens is 413 g/mol. The summed E-state index contributed by atoms with van der Waals surface area (Å²) in [6.07, 6.45) is 0.169. The first kappa shape index (κ1) is 18.7. The van der Waals surface area contributed by atoms with Gasteiger partial charge in [-0.25, -0.2) is 9.78 Å². The summed E-state index contributed by atoms with van der Waals surface area (Å²) >= 11 is 6.60. The lowest BCUT2D eigenvalue weighted by Crippen LogP contribution is -2.22. The van der Waals surface area contributed by atoms with E-state index in [4.69, 9.17) is 11.6 Å². The third-order valence-electron chi connectivity index (χ3n) is 4.25. The summed E-state index contributed by atoms with van der Waals surface area (Å²) in [4.78, 5) is 20.7. The van der Waals surface area contributed by atoms with Crippen LogP contribution in [0.15, 0.2) is 47.7 Å². The zero-order valence-electron chi connectivity index (χ0n) is 14.4. The number of aromatic nitrogens is 4. The monoisotopic (exact) mass is 424 g/mol. The summed E-state index contributed by atoms with van der Waals surface area (Å²) in [6.45, 7) is 0.215. The predicted octanol–water partition coefficient (Wildman–Crippen LogP) is 4.58. The maximum absolute atomic E-state index is 12.9. The van der Waals surface area contributed by atoms with E-state index in [-0.39, 0.29) is 12.2 Å². The van der Waals surface area contributed by atoms with Crippen LogP contribution in [0, 0.1) is 0 Å². The van der Waals surface area contributed by atoms with E-state index in [1.54, 1.807) is 25.4 Å². The van der Waals surface area contributed by atoms with Gasteiger partial charge in [0.2, 0.25) is 0 Å². The van der Waals surface area contributed by atoms with Crippen molar-refractivity contribution >= 4 is 34.1 Å². The van der Waals surface area contributed by atoms with Gasteiger partial charge < -0.3 is 0 Å². The first-order chi connectivity index (χ1) is 13.2. The van der Waals surface area contributed by atoms with Crippen molar-refractivity contribution in [1.82, 2.24) is 19.1 Å². The normalized spacial score (nSPS) is 12.0. The Morgan fingerprint density at radius 2 is 1.96 bits per heavy atom. The van der Waals surface area contributed by atoms with Crippen molar-refractivity contribution in [2.75, 3.05) is 0 Å². The van der Waals surface area contributed by atoms with Crippen LogP contribution in [0.3, 0.4) is 0 Å². The SMILES string of the molecule is Cn1c(=O)n(Cc2cncc(Cl)c2)c2cc(-c3ccc(C(F)(F)F)s3)cnc21. The van der Waals surface area contributed by atoms with Gasteiger partial charge in [-0.3, -0.25) is 14.1 Å². The van der Waals surface area contributed by atoms with Crippen LogP contribution in [0.1, 0.15) is 10.4 Å². The first-order valence-electron chi connectivity index (χ1n) is 8.06. The fourth-order valence-electron chi connectivity index (χ4n) is 2.94. The molecule has 0 aliphatic rings. The fourth-order valence-corrected chi connectivity index (χ4v) is 3.99. The summed E-state index contributed by atoms with van der Waals surface area (Å²) in [5.41, 5.74) is 1.91. The number of aryl methyl sites for hydroxylation is 1. The summed E-state index contributed by atoms with van der Waals surface area (Å²) in [7, 11) is 1.59. The van der Waals surface area contributed by atoms with Crippen molar-refractivity contribution in [3.05, 3.63) is 68.8 Å². The standard InChI is InChI=1S/C18H12ClF3N4OS/c1-25-16-13(26(17(25)27)9-10-4-12(19)8-23-6-10)5-11(7-24-16)14-2-3-15(28-14)18(20,21)22/h2-8H,9H2,1H3. The molecule has 0 spiro atoms. The molecule has 0 radical (unpaired) electrons. The topological polar surface area (TPSA) is 52.7 Å². The molecule has 0 saturated carbocycles. The second-order valence-corrected chi connectivity index (χ2v) is 7.69. The van der Waals surface area contributed by atoms with Crippen molar-refractivity contribution in [3.8, 4) is 10.4 Å². The lowest BCUT2D eigenvalue weighted by molar-refractivity contribution is -0.134. The number of thiophene rings is 1. The highest BCUT2D eigenvalue weighted by Gasteiger charge is 2.32. The number of imidazole rings is 1. The van der Waals surface area contributed by atoms with Crippen LogP contribution >= 0.6 is 22.9 Å². The molecule has 0 saturated heterocycles. The van der Waals surface area contributed by atoms with Crippen LogP contribution in [0.4, 0.5) is 13.2 Å². The lowest BCUT2D eigenvalue weighted by atomic mass is 10.2. The maximum atomic E-state index is 12.9. The molecule has 144 valence electrons. The summed E-state index contributed by atoms with van der Waals surface area (Å²) in [5.74, 6) is 0. The third-order valence-corrected chi connectivity index (χ3v) is 5.63. The summed E-state index contributed by atoms with van der Waals surface area (Å²) in [5, 5.41) is 0.447. The molecule has 0 aliphatic heterocycles. The molecule has 0 unspecified atom stereocenters. The molecule has 28 heavy (non-hydrogen) atoms. The number of pyridine rings is 2. The third kappa shape index (κ3) is 3.31. The number of hydrogen-bond donors (Lipinski definition) is 0. The Balaban J connectivity index is 1.82. The van der Waals surface area contributed by atoms with Crippen LogP contribution in [0.2, 0.25) is 5.02 Å². The zero-order valence-corrected chi connectivity index (χ0v) is 15.9. The molecule has 0 atom stereocenters. The quantitative estimate of drug-likeness (QED) is 0.483. The van der Waals surface area contributed by atoms with Crippen LogP contribution in [0.5, 0.6) is 0 Å². The van der Waals surface area contributed by atoms with Crippen molar-refractivity contribution < 1.29 is 13.2 Å². The van der Waals surface area contributed by atoms with E-state index < -0.39 is 11.1 Å². The average Bonchev–Trinajstić information content (AvgIpc) is 3.22. The van der Waals surface area contributed by atoms with Gasteiger partial charge in [0.15, 0.2) is 5.65 Å². The van der Waals surface area contributed by atoms with Gasteiger partial charge in [-0.15, -0.1) is 11.3 Å². The lowest BCUT2D eigenvalue weighted by Gasteiger charge is -2.05. The molecule has 0 N–H and O–H groups in total. The minimum absolute atomic E-state index is 0.215. The van der Waals surface area contributed by atoms with Gasteiger partial charge in [-0.05, 0) is 29.8 Å². The smallest absolute Gasteiger partial charge is 0.286 e. The Morgan fingerprint density at radius 1 is 1.18 bits per heavy atom. The van der Waals surface area contributed by atoms with Gasteiger partial charge >= 0.3 is 11.9 Å². The van der Waals surface area contributed by atoms with Crippen LogP contribution in [-0.4, -0.2) is 19.1 Å². The maximum Gasteiger partial charge on any atom is 0.425 e. The van der Waals surface area contributed by atoms with E-state index in [0.29, 0.717) is 38.0 Å². The van der Waals surface area contributed by atoms with Crippen LogP contribution in [0.25, 0.3) is 21.6 Å². The molecule has 4 rings (SSSR count). The van der Waals surface area contributed by atoms with E-state index in [0.717, 1.165) is 11.6 Å². The van der Waals surface area contributed by atoms with E-state index in [1.165, 1.54) is 27.6 Å². The van der Waals surface area contributed by atoms with Crippen LogP contribution in [-0.2, 0) is 19.8 Å². The van der Waals surface area contributed by atoms with Gasteiger partial charge in [-0.1, -0.05) is 11.6 Å². The Labute approximate surface area is 165 Å². The minimum atomic E-state index is -4.39. The summed E-state index contributed by atoms with van der Waals surface area (Å²) < 4.78 is 41.6. The van der Waals surface area contributed by atoms with Crippen molar-refractivity contribution in [1.29, 1.82) is 0 Å². The van der Waals surface area contributed by atoms with Crippen molar-refractivity contribution in [2.45, 2.75) is 12.7 Å². The molecule has 0 aromatic carbocycles. The van der Waals surface area contributed by atoms with E-state index in [9.17, 15) is 18.0 Å². The van der Waals surface area contributed by atoms with E-state index in [1.807, 2.05) is 0 Å². The Kier molecular flexibility index (Phi) is 4.51. The number of rotatable bonds is 3. The Bertz CT molecular complexity index is 1240. The largest absolute Gasteiger partial charge is 0.425 e. The second kappa shape index (κ2) is 6.75. The zero-order chi connectivity index (χ0) is 20.1. The number of halogens is 4.